The molecule has 0 amide bonds. The summed E-state index contributed by atoms with van der Waals surface area (Å²) in [5.41, 5.74) is 5.15. The second kappa shape index (κ2) is 8.88. The first-order chi connectivity index (χ1) is 12.6. The van der Waals surface area contributed by atoms with Gasteiger partial charge < -0.3 is 56.1 Å². The van der Waals surface area contributed by atoms with E-state index in [1.54, 1.807) is 0 Å². The molecule has 3 heterocycles. The molecule has 0 fully saturated rings. The van der Waals surface area contributed by atoms with E-state index < -0.39 is 56.9 Å². The summed E-state index contributed by atoms with van der Waals surface area (Å²) in [6.45, 7) is -0.466. The van der Waals surface area contributed by atoms with Crippen LogP contribution in [0.4, 0.5) is 17.5 Å². The van der Waals surface area contributed by atoms with E-state index in [2.05, 4.69) is 25.1 Å². The van der Waals surface area contributed by atoms with Gasteiger partial charge in [-0.3, -0.25) is 14.3 Å². The van der Waals surface area contributed by atoms with Gasteiger partial charge in [-0.15, -0.1) is 0 Å². The van der Waals surface area contributed by atoms with Crippen molar-refractivity contribution in [3.05, 3.63) is 20.2 Å². The van der Waals surface area contributed by atoms with E-state index in [1.165, 1.54) is 0 Å². The summed E-state index contributed by atoms with van der Waals surface area (Å²) in [5.74, 6) is 0.0876. The predicted molar refractivity (Wildman–Crippen MR) is 90.1 cm³/mol. The van der Waals surface area contributed by atoms with Gasteiger partial charge in [-0.2, -0.15) is 14.8 Å². The van der Waals surface area contributed by atoms with Gasteiger partial charge in [-0.05, 0) is 0 Å². The molecule has 13 nitrogen and oxygen atoms in total. The molecule has 0 saturated carbocycles. The fourth-order valence-corrected chi connectivity index (χ4v) is 3.22. The van der Waals surface area contributed by atoms with Crippen LogP contribution in [0.25, 0.3) is 0 Å². The number of nitrogens with two attached hydrogens (primary N) is 1. The Labute approximate surface area is 170 Å². The maximum atomic E-state index is 11.9. The van der Waals surface area contributed by atoms with E-state index >= 15 is 0 Å². The summed E-state index contributed by atoms with van der Waals surface area (Å²) >= 11 is 8.42. The zero-order valence-corrected chi connectivity index (χ0v) is 17.5. The standard InChI is InChI=1S/C10H14N5O6PS2.Mo.2O/c11-10-14-7-4(8(16)15-10)12-3-6(24)5(23)2(21-9(3)13-7)1-20-22(17,18)19;;;/h2-3,9,12,23-24H,1H2,(H2,17,18,19)(H4,11,13,14,15,16);;;/q;+2;;/p-2/t2-,3-,9-;;;/m1.../s1. The van der Waals surface area contributed by atoms with Crippen LogP contribution in [-0.2, 0) is 64.4 Å². The molecule has 0 spiro atoms. The zero-order chi connectivity index (χ0) is 20.4. The first-order valence-corrected chi connectivity index (χ1v) is 10.8. The number of nitrogen functional groups attached to an aromatic ring is 1. The normalized spacial score (nSPS) is 23.6. The fraction of sp³-hybridized carbons (Fsp3) is 0.400. The number of phosphoric ester groups is 1. The van der Waals surface area contributed by atoms with E-state index in [4.69, 9.17) is 52.3 Å². The molecule has 148 valence electrons. The van der Waals surface area contributed by atoms with Gasteiger partial charge in [0.1, 0.15) is 5.69 Å². The van der Waals surface area contributed by atoms with Gasteiger partial charge >= 0.3 is 33.1 Å². The van der Waals surface area contributed by atoms with Crippen molar-refractivity contribution in [2.24, 2.45) is 0 Å². The Kier molecular flexibility index (Phi) is 7.27. The number of hydrogen-bond donors (Lipinski definition) is 6. The van der Waals surface area contributed by atoms with Gasteiger partial charge in [0.15, 0.2) is 12.0 Å². The molecule has 17 heteroatoms. The minimum absolute atomic E-state index is 0.0817. The number of aromatic amines is 1. The van der Waals surface area contributed by atoms with Gasteiger partial charge in [0.25, 0.3) is 5.56 Å². The molecule has 7 N–H and O–H groups in total. The minimum atomic E-state index is -4.67. The van der Waals surface area contributed by atoms with Crippen molar-refractivity contribution < 1.29 is 48.9 Å². The average molecular weight is 521 g/mol. The van der Waals surface area contributed by atoms with E-state index in [-0.39, 0.29) is 27.3 Å². The monoisotopic (exact) mass is 523 g/mol. The molecule has 0 radical (unpaired) electrons. The van der Waals surface area contributed by atoms with Gasteiger partial charge in [0.2, 0.25) is 5.95 Å². The summed E-state index contributed by atoms with van der Waals surface area (Å²) in [4.78, 5) is 36.3. The Morgan fingerprint density at radius 3 is 2.52 bits per heavy atom. The molecule has 0 saturated heterocycles. The SMILES string of the molecule is Nc1nc2c(c(=O)[nH]1)N[C@@H]1C([S-])=C([S-])[C@@H](COP(=O)(O)O)O[C@H]1N2.[O]=[Mo+2]=[O]. The zero-order valence-electron chi connectivity index (χ0n) is 13.0. The van der Waals surface area contributed by atoms with Crippen molar-refractivity contribution >= 4 is 50.5 Å². The number of phosphoric acid groups is 1. The van der Waals surface area contributed by atoms with Crippen molar-refractivity contribution in [3.8, 4) is 0 Å². The van der Waals surface area contributed by atoms with Gasteiger partial charge in [0, 0.05) is 0 Å². The van der Waals surface area contributed by atoms with Crippen LogP contribution in [0.2, 0.25) is 0 Å². The summed E-state index contributed by atoms with van der Waals surface area (Å²) in [5, 5.41) is 5.76. The molecule has 0 aliphatic carbocycles. The van der Waals surface area contributed by atoms with E-state index in [9.17, 15) is 9.36 Å². The molecule has 1 aromatic rings. The number of rotatable bonds is 3. The summed E-state index contributed by atoms with van der Waals surface area (Å²) in [7, 11) is -4.67. The summed E-state index contributed by atoms with van der Waals surface area (Å²) < 4.78 is 37.9. The average Bonchev–Trinajstić information content (AvgIpc) is 2.55. The first-order valence-electron chi connectivity index (χ1n) is 6.85. The third kappa shape index (κ3) is 5.42. The summed E-state index contributed by atoms with van der Waals surface area (Å²) in [6, 6.07) is -0.627. The molecule has 0 unspecified atom stereocenters. The van der Waals surface area contributed by atoms with Crippen LogP contribution in [0, 0.1) is 0 Å². The molecule has 3 rings (SSSR count). The van der Waals surface area contributed by atoms with Gasteiger partial charge in [0.05, 0.1) is 18.8 Å². The molecular weight excluding hydrogens is 509 g/mol. The van der Waals surface area contributed by atoms with Crippen molar-refractivity contribution in [2.45, 2.75) is 18.4 Å². The van der Waals surface area contributed by atoms with E-state index in [0.29, 0.717) is 0 Å². The van der Waals surface area contributed by atoms with Crippen LogP contribution in [-0.4, -0.2) is 44.7 Å². The number of H-pyrrole nitrogens is 1. The second-order valence-corrected chi connectivity index (χ2v) is 7.52. The number of ether oxygens (including phenoxy) is 1. The maximum absolute atomic E-state index is 11.9. The summed E-state index contributed by atoms with van der Waals surface area (Å²) in [6.07, 6.45) is -1.70. The Balaban J connectivity index is 0.000000817. The number of anilines is 3. The van der Waals surface area contributed by atoms with Crippen LogP contribution >= 0.6 is 7.82 Å². The molecular formula is C10H12MoN5O8PS2. The molecule has 2 aliphatic rings. The van der Waals surface area contributed by atoms with Crippen molar-refractivity contribution in [1.82, 2.24) is 9.97 Å². The molecule has 2 aliphatic heterocycles. The predicted octanol–water partition coefficient (Wildman–Crippen LogP) is -1.54. The Bertz CT molecular complexity index is 900. The van der Waals surface area contributed by atoms with Crippen molar-refractivity contribution in [3.63, 3.8) is 0 Å². The van der Waals surface area contributed by atoms with Crippen LogP contribution in [0.5, 0.6) is 0 Å². The number of fused-ring (bicyclic) bond motifs is 2. The first kappa shape index (κ1) is 22.1. The van der Waals surface area contributed by atoms with Crippen molar-refractivity contribution in [2.75, 3.05) is 23.0 Å². The van der Waals surface area contributed by atoms with Crippen LogP contribution < -0.4 is 21.9 Å². The Morgan fingerprint density at radius 2 is 1.93 bits per heavy atom. The van der Waals surface area contributed by atoms with Gasteiger partial charge in [-0.1, -0.05) is 0 Å². The van der Waals surface area contributed by atoms with Crippen molar-refractivity contribution in [1.29, 1.82) is 0 Å². The Morgan fingerprint density at radius 1 is 1.30 bits per heavy atom. The Hall–Kier alpha value is -1.18. The van der Waals surface area contributed by atoms with E-state index in [0.717, 1.165) is 0 Å². The number of aromatic nitrogens is 2. The molecule has 0 aromatic carbocycles. The third-order valence-corrected chi connectivity index (χ3v) is 4.91. The van der Waals surface area contributed by atoms with Crippen LogP contribution in [0.15, 0.2) is 14.6 Å². The fourth-order valence-electron chi connectivity index (χ4n) is 2.32. The van der Waals surface area contributed by atoms with E-state index in [1.807, 2.05) is 0 Å². The molecule has 3 atom stereocenters. The van der Waals surface area contributed by atoms with Crippen LogP contribution in [0.3, 0.4) is 0 Å². The van der Waals surface area contributed by atoms with Gasteiger partial charge in [-0.25, -0.2) is 4.57 Å². The topological polar surface area (TPSA) is 206 Å². The van der Waals surface area contributed by atoms with Crippen LogP contribution in [0.1, 0.15) is 0 Å². The molecule has 27 heavy (non-hydrogen) atoms. The molecule has 1 aromatic heterocycles. The number of nitrogens with zero attached hydrogens (tertiary/aromatic N) is 1. The number of nitrogens with one attached hydrogen (secondary N) is 3. The quantitative estimate of drug-likeness (QED) is 0.152. The number of hydrogen-bond acceptors (Lipinski definition) is 12. The second-order valence-electron chi connectivity index (χ2n) is 5.07. The molecule has 0 bridgehead atoms. The third-order valence-electron chi connectivity index (χ3n) is 3.34.